The molecule has 202 valence electrons. The van der Waals surface area contributed by atoms with Crippen LogP contribution in [-0.4, -0.2) is 105 Å². The molecule has 0 aromatic heterocycles. The average Bonchev–Trinajstić information content (AvgIpc) is 2.89. The number of ether oxygens (including phenoxy) is 8. The predicted octanol–water partition coefficient (Wildman–Crippen LogP) is 3.18. The van der Waals surface area contributed by atoms with Gasteiger partial charge in [0.1, 0.15) is 18.6 Å². The van der Waals surface area contributed by atoms with E-state index < -0.39 is 0 Å². The second kappa shape index (κ2) is 25.5. The molecule has 0 aliphatic heterocycles. The molecule has 1 aromatic rings. The number of unbranched alkanes of at least 4 members (excludes halogenated alkanes) is 2. The molecule has 0 radical (unpaired) electrons. The Morgan fingerprint density at radius 3 is 1.26 bits per heavy atom. The monoisotopic (exact) mass is 500 g/mol. The van der Waals surface area contributed by atoms with Crippen LogP contribution >= 0.6 is 0 Å². The Hall–Kier alpha value is -1.59. The Kier molecular flexibility index (Phi) is 22.9. The minimum Gasteiger partial charge on any atom is -0.491 e. The Bertz CT molecular complexity index is 568. The second-order valence-electron chi connectivity index (χ2n) is 7.53. The fourth-order valence-electron chi connectivity index (χ4n) is 2.74. The number of hydrogen-bond acceptors (Lipinski definition) is 9. The van der Waals surface area contributed by atoms with Gasteiger partial charge in [0.25, 0.3) is 0 Å². The number of rotatable bonds is 27. The highest BCUT2D eigenvalue weighted by Gasteiger charge is 1.97. The summed E-state index contributed by atoms with van der Waals surface area (Å²) in [6.07, 6.45) is 4.35. The summed E-state index contributed by atoms with van der Waals surface area (Å²) in [5.74, 6) is 0.712. The molecule has 0 bridgehead atoms. The minimum absolute atomic E-state index is 0.442. The van der Waals surface area contributed by atoms with Crippen molar-refractivity contribution in [2.45, 2.75) is 26.2 Å². The summed E-state index contributed by atoms with van der Waals surface area (Å²) < 4.78 is 43.7. The maximum absolute atomic E-state index is 10.6. The quantitative estimate of drug-likeness (QED) is 0.133. The first-order valence-corrected chi connectivity index (χ1v) is 12.6. The zero-order chi connectivity index (χ0) is 25.1. The van der Waals surface area contributed by atoms with Gasteiger partial charge in [-0.1, -0.05) is 19.8 Å². The molecule has 9 heteroatoms. The zero-order valence-electron chi connectivity index (χ0n) is 21.3. The maximum Gasteiger partial charge on any atom is 0.150 e. The molecule has 0 heterocycles. The lowest BCUT2D eigenvalue weighted by Crippen LogP contribution is -2.15. The van der Waals surface area contributed by atoms with Crippen molar-refractivity contribution < 1.29 is 42.7 Å². The average molecular weight is 501 g/mol. The maximum atomic E-state index is 10.6. The van der Waals surface area contributed by atoms with Crippen LogP contribution in [0.4, 0.5) is 0 Å². The van der Waals surface area contributed by atoms with Crippen molar-refractivity contribution in [3.8, 4) is 5.75 Å². The lowest BCUT2D eigenvalue weighted by Gasteiger charge is -2.09. The van der Waals surface area contributed by atoms with Crippen LogP contribution in [-0.2, 0) is 33.2 Å². The third-order valence-corrected chi connectivity index (χ3v) is 4.64. The van der Waals surface area contributed by atoms with E-state index in [2.05, 4.69) is 6.92 Å². The summed E-state index contributed by atoms with van der Waals surface area (Å²) in [5.41, 5.74) is 0.624. The highest BCUT2D eigenvalue weighted by molar-refractivity contribution is 5.74. The number of carbonyl (C=O) groups excluding carboxylic acids is 1. The molecule has 0 N–H and O–H groups in total. The minimum atomic E-state index is 0.442. The molecule has 0 saturated carbocycles. The molecule has 0 aliphatic rings. The third kappa shape index (κ3) is 21.4. The lowest BCUT2D eigenvalue weighted by molar-refractivity contribution is -0.0212. The topological polar surface area (TPSA) is 90.9 Å². The molecule has 0 aliphatic carbocycles. The van der Waals surface area contributed by atoms with Crippen LogP contribution in [0.2, 0.25) is 0 Å². The van der Waals surface area contributed by atoms with Gasteiger partial charge in [-0.2, -0.15) is 0 Å². The van der Waals surface area contributed by atoms with Gasteiger partial charge < -0.3 is 37.9 Å². The van der Waals surface area contributed by atoms with E-state index in [0.717, 1.165) is 19.3 Å². The van der Waals surface area contributed by atoms with E-state index in [4.69, 9.17) is 37.9 Å². The van der Waals surface area contributed by atoms with Crippen LogP contribution in [0, 0.1) is 0 Å². The highest BCUT2D eigenvalue weighted by Crippen LogP contribution is 2.10. The zero-order valence-corrected chi connectivity index (χ0v) is 21.3. The molecule has 0 amide bonds. The van der Waals surface area contributed by atoms with Gasteiger partial charge >= 0.3 is 0 Å². The van der Waals surface area contributed by atoms with Crippen molar-refractivity contribution in [2.24, 2.45) is 0 Å². The first-order valence-electron chi connectivity index (χ1n) is 12.6. The van der Waals surface area contributed by atoms with Gasteiger partial charge in [0, 0.05) is 12.2 Å². The van der Waals surface area contributed by atoms with Crippen molar-refractivity contribution >= 4 is 6.29 Å². The van der Waals surface area contributed by atoms with E-state index in [-0.39, 0.29) is 0 Å². The van der Waals surface area contributed by atoms with Gasteiger partial charge in [-0.3, -0.25) is 4.79 Å². The molecule has 0 unspecified atom stereocenters. The summed E-state index contributed by atoms with van der Waals surface area (Å²) >= 11 is 0. The molecular formula is C26H44O9. The van der Waals surface area contributed by atoms with E-state index in [1.54, 1.807) is 24.3 Å². The van der Waals surface area contributed by atoms with E-state index in [1.165, 1.54) is 12.8 Å². The smallest absolute Gasteiger partial charge is 0.150 e. The number of carbonyl (C=O) groups is 1. The normalized spacial score (nSPS) is 11.1. The van der Waals surface area contributed by atoms with E-state index in [9.17, 15) is 4.79 Å². The van der Waals surface area contributed by atoms with Gasteiger partial charge in [0.05, 0.1) is 85.9 Å². The molecule has 0 atom stereocenters. The fraction of sp³-hybridized carbons (Fsp3) is 0.731. The molecule has 35 heavy (non-hydrogen) atoms. The highest BCUT2D eigenvalue weighted by atomic mass is 16.6. The Balaban J connectivity index is 1.68. The van der Waals surface area contributed by atoms with Crippen molar-refractivity contribution in [3.05, 3.63) is 29.8 Å². The number of aldehydes is 1. The van der Waals surface area contributed by atoms with Gasteiger partial charge in [-0.25, -0.2) is 0 Å². The first-order chi connectivity index (χ1) is 17.4. The largest absolute Gasteiger partial charge is 0.491 e. The Morgan fingerprint density at radius 2 is 0.886 bits per heavy atom. The summed E-state index contributed by atoms with van der Waals surface area (Å²) in [4.78, 5) is 10.6. The Morgan fingerprint density at radius 1 is 0.514 bits per heavy atom. The van der Waals surface area contributed by atoms with Crippen LogP contribution in [0.1, 0.15) is 36.5 Å². The van der Waals surface area contributed by atoms with Crippen molar-refractivity contribution in [1.29, 1.82) is 0 Å². The van der Waals surface area contributed by atoms with Crippen molar-refractivity contribution in [2.75, 3.05) is 99.1 Å². The molecular weight excluding hydrogens is 456 g/mol. The first kappa shape index (κ1) is 31.4. The van der Waals surface area contributed by atoms with Crippen LogP contribution in [0.15, 0.2) is 24.3 Å². The summed E-state index contributed by atoms with van der Waals surface area (Å²) in [7, 11) is 0. The third-order valence-electron chi connectivity index (χ3n) is 4.64. The van der Waals surface area contributed by atoms with Gasteiger partial charge in [0.15, 0.2) is 0 Å². The fourth-order valence-corrected chi connectivity index (χ4v) is 2.74. The number of hydrogen-bond donors (Lipinski definition) is 0. The molecule has 0 fully saturated rings. The van der Waals surface area contributed by atoms with E-state index in [0.29, 0.717) is 104 Å². The summed E-state index contributed by atoms with van der Waals surface area (Å²) in [5, 5.41) is 0. The van der Waals surface area contributed by atoms with Crippen molar-refractivity contribution in [1.82, 2.24) is 0 Å². The van der Waals surface area contributed by atoms with Crippen LogP contribution < -0.4 is 4.74 Å². The molecule has 0 saturated heterocycles. The van der Waals surface area contributed by atoms with Crippen molar-refractivity contribution in [3.63, 3.8) is 0 Å². The van der Waals surface area contributed by atoms with Crippen LogP contribution in [0.25, 0.3) is 0 Å². The second-order valence-corrected chi connectivity index (χ2v) is 7.53. The standard InChI is InChI=1S/C26H44O9/c1-2-3-4-9-28-10-11-29-12-13-30-14-15-31-16-17-32-18-19-33-20-21-34-22-23-35-26-7-5-25(24-27)6-8-26/h5-8,24H,2-4,9-23H2,1H3. The van der Waals surface area contributed by atoms with Crippen LogP contribution in [0.3, 0.4) is 0 Å². The lowest BCUT2D eigenvalue weighted by atomic mass is 10.2. The summed E-state index contributed by atoms with van der Waals surface area (Å²) in [6.45, 7) is 10.4. The summed E-state index contributed by atoms with van der Waals surface area (Å²) in [6, 6.07) is 6.95. The van der Waals surface area contributed by atoms with E-state index >= 15 is 0 Å². The van der Waals surface area contributed by atoms with Crippen LogP contribution in [0.5, 0.6) is 5.75 Å². The van der Waals surface area contributed by atoms with Gasteiger partial charge in [-0.05, 0) is 30.7 Å². The van der Waals surface area contributed by atoms with Gasteiger partial charge in [0.2, 0.25) is 0 Å². The molecule has 9 nitrogen and oxygen atoms in total. The Labute approximate surface area is 210 Å². The molecule has 1 aromatic carbocycles. The number of benzene rings is 1. The van der Waals surface area contributed by atoms with Gasteiger partial charge in [-0.15, -0.1) is 0 Å². The predicted molar refractivity (Wildman–Crippen MR) is 133 cm³/mol. The molecule has 1 rings (SSSR count). The van der Waals surface area contributed by atoms with E-state index in [1.807, 2.05) is 0 Å². The molecule has 0 spiro atoms. The SMILES string of the molecule is CCCCCOCCOCCOCCOCCOCCOCCOCCOc1ccc(C=O)cc1.